The molecule has 0 aliphatic heterocycles. The Morgan fingerprint density at radius 2 is 1.83 bits per heavy atom. The Hall–Kier alpha value is -0.680. The molecule has 1 N–H and O–H groups in total. The molecule has 0 radical (unpaired) electrons. The second-order valence-electron chi connectivity index (χ2n) is 4.62. The number of alkyl halides is 3. The Bertz CT molecular complexity index is 371. The summed E-state index contributed by atoms with van der Waals surface area (Å²) in [7, 11) is 0. The molecule has 1 fully saturated rings. The van der Waals surface area contributed by atoms with E-state index in [1.54, 1.807) is 12.1 Å². The van der Waals surface area contributed by atoms with Crippen molar-refractivity contribution in [2.24, 2.45) is 5.92 Å². The van der Waals surface area contributed by atoms with E-state index in [0.717, 1.165) is 24.6 Å². The largest absolute Gasteiger partial charge is 0.446 e. The molecule has 0 amide bonds. The van der Waals surface area contributed by atoms with E-state index in [1.165, 1.54) is 31.4 Å². The number of benzene rings is 1. The van der Waals surface area contributed by atoms with Crippen molar-refractivity contribution in [2.45, 2.75) is 36.2 Å². The summed E-state index contributed by atoms with van der Waals surface area (Å²) in [6.45, 7) is 1.74. The molecule has 1 nitrogen and oxygen atoms in total. The van der Waals surface area contributed by atoms with Crippen molar-refractivity contribution in [3.05, 3.63) is 29.8 Å². The fraction of sp³-hybridized carbons (Fsp3) is 0.538. The molecule has 0 unspecified atom stereocenters. The molecule has 0 atom stereocenters. The SMILES string of the molecule is FC(F)(F)Sc1ccc(CNCC2CCC2)cc1. The fourth-order valence-corrected chi connectivity index (χ4v) is 2.47. The summed E-state index contributed by atoms with van der Waals surface area (Å²) < 4.78 is 36.4. The highest BCUT2D eigenvalue weighted by atomic mass is 32.2. The Kier molecular flexibility index (Phi) is 4.56. The first-order valence-corrected chi connectivity index (χ1v) is 6.90. The van der Waals surface area contributed by atoms with Crippen LogP contribution in [0.5, 0.6) is 0 Å². The van der Waals surface area contributed by atoms with E-state index in [2.05, 4.69) is 5.32 Å². The van der Waals surface area contributed by atoms with Gasteiger partial charge in [-0.05, 0) is 54.8 Å². The van der Waals surface area contributed by atoms with Crippen LogP contribution in [-0.2, 0) is 6.54 Å². The smallest absolute Gasteiger partial charge is 0.312 e. The van der Waals surface area contributed by atoms with E-state index < -0.39 is 5.51 Å². The molecule has 18 heavy (non-hydrogen) atoms. The topological polar surface area (TPSA) is 12.0 Å². The molecule has 0 bridgehead atoms. The van der Waals surface area contributed by atoms with E-state index in [-0.39, 0.29) is 16.7 Å². The van der Waals surface area contributed by atoms with Gasteiger partial charge < -0.3 is 5.32 Å². The van der Waals surface area contributed by atoms with Crippen molar-refractivity contribution >= 4 is 11.8 Å². The third-order valence-electron chi connectivity index (χ3n) is 3.14. The highest BCUT2D eigenvalue weighted by Gasteiger charge is 2.28. The molecule has 2 rings (SSSR count). The van der Waals surface area contributed by atoms with Gasteiger partial charge in [0, 0.05) is 11.4 Å². The second-order valence-corrected chi connectivity index (χ2v) is 5.76. The van der Waals surface area contributed by atoms with Crippen molar-refractivity contribution in [3.8, 4) is 0 Å². The Labute approximate surface area is 109 Å². The molecule has 1 aromatic rings. The van der Waals surface area contributed by atoms with Gasteiger partial charge in [-0.15, -0.1) is 0 Å². The number of thioether (sulfide) groups is 1. The third kappa shape index (κ3) is 4.53. The van der Waals surface area contributed by atoms with Gasteiger partial charge in [0.25, 0.3) is 0 Å². The van der Waals surface area contributed by atoms with Gasteiger partial charge in [-0.3, -0.25) is 0 Å². The summed E-state index contributed by atoms with van der Waals surface area (Å²) in [5.74, 6) is 0.796. The fourth-order valence-electron chi connectivity index (χ4n) is 1.93. The highest BCUT2D eigenvalue weighted by molar-refractivity contribution is 8.00. The zero-order valence-electron chi connectivity index (χ0n) is 9.96. The van der Waals surface area contributed by atoms with Gasteiger partial charge in [0.2, 0.25) is 0 Å². The normalized spacial score (nSPS) is 16.6. The zero-order valence-corrected chi connectivity index (χ0v) is 10.8. The number of hydrogen-bond donors (Lipinski definition) is 1. The van der Waals surface area contributed by atoms with Gasteiger partial charge in [-0.2, -0.15) is 13.2 Å². The molecule has 5 heteroatoms. The predicted octanol–water partition coefficient (Wildman–Crippen LogP) is 4.19. The number of nitrogens with one attached hydrogen (secondary N) is 1. The van der Waals surface area contributed by atoms with Crippen LogP contribution >= 0.6 is 11.8 Å². The lowest BCUT2D eigenvalue weighted by Crippen LogP contribution is -2.26. The molecule has 1 aromatic carbocycles. The summed E-state index contributed by atoms with van der Waals surface area (Å²) in [4.78, 5) is 0.241. The summed E-state index contributed by atoms with van der Waals surface area (Å²) >= 11 is -0.0695. The summed E-state index contributed by atoms with van der Waals surface area (Å²) in [6.07, 6.45) is 3.93. The molecule has 1 aliphatic carbocycles. The average Bonchev–Trinajstić information content (AvgIpc) is 2.22. The van der Waals surface area contributed by atoms with Gasteiger partial charge in [-0.25, -0.2) is 0 Å². The quantitative estimate of drug-likeness (QED) is 0.809. The molecule has 1 saturated carbocycles. The molecule has 1 aliphatic rings. The van der Waals surface area contributed by atoms with E-state index in [0.29, 0.717) is 0 Å². The van der Waals surface area contributed by atoms with Crippen LogP contribution in [0.1, 0.15) is 24.8 Å². The van der Waals surface area contributed by atoms with E-state index in [1.807, 2.05) is 0 Å². The van der Waals surface area contributed by atoms with Crippen molar-refractivity contribution in [1.82, 2.24) is 5.32 Å². The van der Waals surface area contributed by atoms with Gasteiger partial charge in [0.05, 0.1) is 0 Å². The number of hydrogen-bond acceptors (Lipinski definition) is 2. The van der Waals surface area contributed by atoms with Crippen molar-refractivity contribution < 1.29 is 13.2 Å². The van der Waals surface area contributed by atoms with E-state index in [4.69, 9.17) is 0 Å². The molecular weight excluding hydrogens is 259 g/mol. The molecule has 0 aromatic heterocycles. The minimum absolute atomic E-state index is 0.0695. The van der Waals surface area contributed by atoms with Crippen LogP contribution in [0, 0.1) is 5.92 Å². The minimum Gasteiger partial charge on any atom is -0.312 e. The summed E-state index contributed by atoms with van der Waals surface area (Å²) in [5.41, 5.74) is -3.18. The Morgan fingerprint density at radius 1 is 1.17 bits per heavy atom. The maximum absolute atomic E-state index is 12.1. The lowest BCUT2D eigenvalue weighted by atomic mass is 9.85. The molecule has 0 heterocycles. The minimum atomic E-state index is -4.20. The standard InChI is InChI=1S/C13H16F3NS/c14-13(15,16)18-12-6-4-11(5-7-12)9-17-8-10-2-1-3-10/h4-7,10,17H,1-3,8-9H2. The predicted molar refractivity (Wildman–Crippen MR) is 67.4 cm³/mol. The maximum atomic E-state index is 12.1. The van der Waals surface area contributed by atoms with Crippen LogP contribution in [0.3, 0.4) is 0 Å². The van der Waals surface area contributed by atoms with Crippen LogP contribution in [-0.4, -0.2) is 12.1 Å². The van der Waals surface area contributed by atoms with Gasteiger partial charge in [0.1, 0.15) is 0 Å². The van der Waals surface area contributed by atoms with Gasteiger partial charge >= 0.3 is 5.51 Å². The number of halogens is 3. The average molecular weight is 275 g/mol. The Balaban J connectivity index is 1.76. The first-order valence-electron chi connectivity index (χ1n) is 6.08. The first-order chi connectivity index (χ1) is 8.53. The van der Waals surface area contributed by atoms with E-state index in [9.17, 15) is 13.2 Å². The zero-order chi connectivity index (χ0) is 13.0. The van der Waals surface area contributed by atoms with Crippen LogP contribution < -0.4 is 5.32 Å². The second kappa shape index (κ2) is 5.97. The van der Waals surface area contributed by atoms with Crippen LogP contribution in [0.2, 0.25) is 0 Å². The van der Waals surface area contributed by atoms with Crippen LogP contribution in [0.4, 0.5) is 13.2 Å². The molecular formula is C13H16F3NS. The van der Waals surface area contributed by atoms with Crippen molar-refractivity contribution in [3.63, 3.8) is 0 Å². The van der Waals surface area contributed by atoms with Gasteiger partial charge in [-0.1, -0.05) is 18.6 Å². The molecule has 0 saturated heterocycles. The maximum Gasteiger partial charge on any atom is 0.446 e. The van der Waals surface area contributed by atoms with Gasteiger partial charge in [0.15, 0.2) is 0 Å². The monoisotopic (exact) mass is 275 g/mol. The highest BCUT2D eigenvalue weighted by Crippen LogP contribution is 2.36. The lowest BCUT2D eigenvalue weighted by Gasteiger charge is -2.25. The molecule has 100 valence electrons. The summed E-state index contributed by atoms with van der Waals surface area (Å²) in [5, 5.41) is 3.34. The van der Waals surface area contributed by atoms with Crippen LogP contribution in [0.25, 0.3) is 0 Å². The molecule has 0 spiro atoms. The van der Waals surface area contributed by atoms with Crippen LogP contribution in [0.15, 0.2) is 29.2 Å². The third-order valence-corrected chi connectivity index (χ3v) is 3.88. The summed E-state index contributed by atoms with van der Waals surface area (Å²) in [6, 6.07) is 6.56. The van der Waals surface area contributed by atoms with Crippen molar-refractivity contribution in [1.29, 1.82) is 0 Å². The Morgan fingerprint density at radius 3 is 2.33 bits per heavy atom. The van der Waals surface area contributed by atoms with Crippen molar-refractivity contribution in [2.75, 3.05) is 6.54 Å². The lowest BCUT2D eigenvalue weighted by molar-refractivity contribution is -0.0328. The van der Waals surface area contributed by atoms with E-state index >= 15 is 0 Å². The number of rotatable bonds is 5. The first kappa shape index (κ1) is 13.7.